The van der Waals surface area contributed by atoms with Crippen molar-refractivity contribution in [3.8, 4) is 0 Å². The molecule has 10 nitrogen and oxygen atoms in total. The van der Waals surface area contributed by atoms with Crippen molar-refractivity contribution in [1.29, 1.82) is 0 Å². The highest BCUT2D eigenvalue weighted by Gasteiger charge is 2.51. The van der Waals surface area contributed by atoms with E-state index in [1.54, 1.807) is 0 Å². The number of ether oxygens (including phenoxy) is 1. The number of fused-ring (bicyclic) bond motifs is 2. The van der Waals surface area contributed by atoms with Gasteiger partial charge in [-0.15, -0.1) is 23.5 Å². The molecule has 6 fully saturated rings. The molecule has 13 heteroatoms. The number of hydrogen-bond acceptors (Lipinski definition) is 11. The molecule has 0 aromatic carbocycles. The second-order valence-electron chi connectivity index (χ2n) is 12.5. The molecule has 0 bridgehead atoms. The summed E-state index contributed by atoms with van der Waals surface area (Å²) in [6.07, 6.45) is 9.00. The highest BCUT2D eigenvalue weighted by Crippen LogP contribution is 2.51. The summed E-state index contributed by atoms with van der Waals surface area (Å²) < 4.78 is 9.21. The molecule has 9 unspecified atom stereocenters. The lowest BCUT2D eigenvalue weighted by Gasteiger charge is -2.42. The summed E-state index contributed by atoms with van der Waals surface area (Å²) in [5, 5.41) is 16.6. The zero-order chi connectivity index (χ0) is 27.2. The van der Waals surface area contributed by atoms with Crippen LogP contribution in [0.5, 0.6) is 0 Å². The molecule has 6 aliphatic heterocycles. The van der Waals surface area contributed by atoms with Gasteiger partial charge in [-0.1, -0.05) is 18.4 Å². The predicted molar refractivity (Wildman–Crippen MR) is 160 cm³/mol. The molecule has 6 heterocycles. The van der Waals surface area contributed by atoms with Gasteiger partial charge in [0, 0.05) is 42.6 Å². The number of rotatable bonds is 6. The van der Waals surface area contributed by atoms with Crippen molar-refractivity contribution in [2.24, 2.45) is 17.8 Å². The number of carbonyl (C=O) groups is 2. The smallest absolute Gasteiger partial charge is 0.226 e. The number of hydrogen-bond donors (Lipinski definition) is 6. The lowest BCUT2D eigenvalue weighted by atomic mass is 9.83. The van der Waals surface area contributed by atoms with Crippen molar-refractivity contribution in [3.05, 3.63) is 11.1 Å². The van der Waals surface area contributed by atoms with Crippen LogP contribution in [-0.2, 0) is 14.3 Å². The van der Waals surface area contributed by atoms with Crippen LogP contribution in [-0.4, -0.2) is 102 Å². The van der Waals surface area contributed by atoms with Gasteiger partial charge < -0.3 is 20.7 Å². The van der Waals surface area contributed by atoms with Gasteiger partial charge >= 0.3 is 0 Å². The molecule has 11 atom stereocenters. The standard InChI is InChI=1S/C27H43N7O3S3/c28-16-3-1-2-4-17(16)30-20-9-14-12-29-27(36)23(14)26(31-20)32-21-11-19(40-33-21)15-13-38-25-18(35)10-22(39-24(15)25)34-5-7-37-8-6-34/h10,14-17,19-21,23-26,30-33H,1-9,11-13,28H2,(H,29,36)/p+1/t14?,15?,16-,17+,19?,20?,21?,23?,24?,25?,26?/m1/s1. The Morgan fingerprint density at radius 1 is 1.07 bits per heavy atom. The SMILES string of the molecule is [NH3+][C@@H]1CCCC[C@@H]1NC1CC2CNC(=O)C2C(NC2CC(C3CSC4C(=O)C=C(N5CCOCC5)SC43)SN2)N1. The first-order valence-corrected chi connectivity index (χ1v) is 18.0. The van der Waals surface area contributed by atoms with E-state index < -0.39 is 0 Å². The third-order valence-corrected chi connectivity index (χ3v) is 14.4. The van der Waals surface area contributed by atoms with Crippen LogP contribution >= 0.6 is 35.5 Å². The summed E-state index contributed by atoms with van der Waals surface area (Å²) >= 11 is 5.60. The van der Waals surface area contributed by atoms with Crippen LogP contribution in [0.25, 0.3) is 0 Å². The van der Waals surface area contributed by atoms with Gasteiger partial charge in [-0.3, -0.25) is 25.5 Å². The van der Waals surface area contributed by atoms with E-state index in [0.29, 0.717) is 34.4 Å². The molecule has 5 saturated heterocycles. The van der Waals surface area contributed by atoms with Gasteiger partial charge in [0.15, 0.2) is 5.78 Å². The van der Waals surface area contributed by atoms with Gasteiger partial charge in [-0.25, -0.2) is 4.72 Å². The van der Waals surface area contributed by atoms with Crippen molar-refractivity contribution < 1.29 is 20.1 Å². The van der Waals surface area contributed by atoms with Crippen LogP contribution < -0.4 is 31.7 Å². The molecule has 7 rings (SSSR count). The van der Waals surface area contributed by atoms with Gasteiger partial charge in [0.2, 0.25) is 5.91 Å². The summed E-state index contributed by atoms with van der Waals surface area (Å²) in [5.41, 5.74) is 4.41. The number of allylic oxidation sites excluding steroid dienone is 1. The lowest BCUT2D eigenvalue weighted by molar-refractivity contribution is -0.431. The first-order chi connectivity index (χ1) is 19.5. The number of ketones is 1. The van der Waals surface area contributed by atoms with Crippen LogP contribution in [0.4, 0.5) is 0 Å². The fraction of sp³-hybridized carbons (Fsp3) is 0.852. The van der Waals surface area contributed by atoms with Gasteiger partial charge in [0.05, 0.1) is 60.0 Å². The fourth-order valence-electron chi connectivity index (χ4n) is 7.74. The maximum Gasteiger partial charge on any atom is 0.226 e. The van der Waals surface area contributed by atoms with Crippen LogP contribution in [0.2, 0.25) is 0 Å². The van der Waals surface area contributed by atoms with Gasteiger partial charge in [-0.2, -0.15) is 0 Å². The topological polar surface area (TPSA) is 134 Å². The number of carbonyl (C=O) groups excluding carboxylic acids is 2. The van der Waals surface area contributed by atoms with E-state index in [1.807, 2.05) is 41.5 Å². The highest BCUT2D eigenvalue weighted by atomic mass is 32.2. The Morgan fingerprint density at radius 2 is 1.93 bits per heavy atom. The first-order valence-electron chi connectivity index (χ1n) is 15.2. The zero-order valence-electron chi connectivity index (χ0n) is 23.0. The van der Waals surface area contributed by atoms with Gasteiger partial charge in [0.25, 0.3) is 0 Å². The van der Waals surface area contributed by atoms with Crippen LogP contribution in [0.3, 0.4) is 0 Å². The average Bonchev–Trinajstić information content (AvgIpc) is 3.69. The van der Waals surface area contributed by atoms with Crippen LogP contribution in [0.1, 0.15) is 38.5 Å². The Balaban J connectivity index is 0.985. The maximum absolute atomic E-state index is 13.1. The van der Waals surface area contributed by atoms with Crippen LogP contribution in [0.15, 0.2) is 11.1 Å². The summed E-state index contributed by atoms with van der Waals surface area (Å²) in [6.45, 7) is 3.96. The molecule has 7 aliphatic rings. The Labute approximate surface area is 249 Å². The van der Waals surface area contributed by atoms with Crippen molar-refractivity contribution >= 4 is 47.2 Å². The quantitative estimate of drug-likeness (QED) is 0.221. The number of amides is 1. The third-order valence-electron chi connectivity index (χ3n) is 9.95. The van der Waals surface area contributed by atoms with Crippen molar-refractivity contribution in [2.75, 3.05) is 38.6 Å². The Kier molecular flexibility index (Phi) is 8.65. The Hall–Kier alpha value is -0.510. The average molecular weight is 611 g/mol. The number of quaternary nitrogens is 1. The van der Waals surface area contributed by atoms with E-state index >= 15 is 0 Å². The second-order valence-corrected chi connectivity index (χ2v) is 15.9. The minimum Gasteiger partial charge on any atom is -0.378 e. The van der Waals surface area contributed by atoms with E-state index in [4.69, 9.17) is 4.74 Å². The van der Waals surface area contributed by atoms with E-state index in [-0.39, 0.29) is 41.4 Å². The Bertz CT molecular complexity index is 1000. The molecule has 0 radical (unpaired) electrons. The van der Waals surface area contributed by atoms with Gasteiger partial charge in [0.1, 0.15) is 0 Å². The lowest BCUT2D eigenvalue weighted by Crippen LogP contribution is -2.73. The third kappa shape index (κ3) is 5.71. The van der Waals surface area contributed by atoms with E-state index in [2.05, 4.69) is 36.6 Å². The van der Waals surface area contributed by atoms with E-state index in [1.165, 1.54) is 25.7 Å². The number of thioether (sulfide) groups is 2. The summed E-state index contributed by atoms with van der Waals surface area (Å²) in [6, 6.07) is 0.894. The molecule has 222 valence electrons. The minimum absolute atomic E-state index is 0.0510. The van der Waals surface area contributed by atoms with Crippen molar-refractivity contribution in [1.82, 2.24) is 30.9 Å². The summed E-state index contributed by atoms with van der Waals surface area (Å²) in [7, 11) is 0. The molecular weight excluding hydrogens is 567 g/mol. The molecular formula is C27H44N7O3S3+. The highest BCUT2D eigenvalue weighted by molar-refractivity contribution is 8.07. The number of morpholine rings is 1. The minimum atomic E-state index is -0.0744. The van der Waals surface area contributed by atoms with Crippen LogP contribution in [0, 0.1) is 17.8 Å². The van der Waals surface area contributed by atoms with E-state index in [9.17, 15) is 9.59 Å². The molecule has 0 spiro atoms. The van der Waals surface area contributed by atoms with Gasteiger partial charge in [-0.05, 0) is 43.3 Å². The van der Waals surface area contributed by atoms with E-state index in [0.717, 1.165) is 56.5 Å². The first kappa shape index (κ1) is 28.3. The molecule has 1 aliphatic carbocycles. The molecule has 0 aromatic heterocycles. The largest absolute Gasteiger partial charge is 0.378 e. The molecule has 1 saturated carbocycles. The molecule has 1 amide bonds. The maximum atomic E-state index is 13.1. The van der Waals surface area contributed by atoms with Crippen molar-refractivity contribution in [2.45, 2.75) is 84.9 Å². The number of piperidine rings is 1. The monoisotopic (exact) mass is 610 g/mol. The predicted octanol–water partition coefficient (Wildman–Crippen LogP) is -0.348. The normalized spacial score (nSPS) is 45.7. The molecule has 8 N–H and O–H groups in total. The number of nitrogens with zero attached hydrogens (tertiary/aromatic N) is 1. The molecule has 40 heavy (non-hydrogen) atoms. The zero-order valence-corrected chi connectivity index (χ0v) is 25.5. The second kappa shape index (κ2) is 12.2. The molecule has 0 aromatic rings. The Morgan fingerprint density at radius 3 is 2.77 bits per heavy atom. The number of nitrogens with one attached hydrogen (secondary N) is 5. The summed E-state index contributed by atoms with van der Waals surface area (Å²) in [5.74, 6) is 2.23. The summed E-state index contributed by atoms with van der Waals surface area (Å²) in [4.78, 5) is 28.3. The van der Waals surface area contributed by atoms with Crippen molar-refractivity contribution in [3.63, 3.8) is 0 Å². The fourth-order valence-corrected chi connectivity index (χ4v) is 12.7.